The van der Waals surface area contributed by atoms with Crippen LogP contribution in [-0.2, 0) is 9.53 Å². The van der Waals surface area contributed by atoms with Crippen molar-refractivity contribution in [3.05, 3.63) is 0 Å². The van der Waals surface area contributed by atoms with Crippen molar-refractivity contribution in [3.63, 3.8) is 0 Å². The van der Waals surface area contributed by atoms with Crippen LogP contribution in [-0.4, -0.2) is 13.1 Å². The summed E-state index contributed by atoms with van der Waals surface area (Å²) in [5, 5.41) is 0. The second-order valence-corrected chi connectivity index (χ2v) is 2.84. The molecule has 0 bridgehead atoms. The summed E-state index contributed by atoms with van der Waals surface area (Å²) in [6, 6.07) is 0. The largest absolute Gasteiger partial charge is 0.469 e. The van der Waals surface area contributed by atoms with Gasteiger partial charge in [-0.25, -0.2) is 0 Å². The topological polar surface area (TPSA) is 26.3 Å². The second kappa shape index (κ2) is 9.12. The quantitative estimate of drug-likeness (QED) is 0.371. The number of ether oxygens (including phenoxy) is 1. The second-order valence-electron chi connectivity index (χ2n) is 2.84. The molecule has 74 valence electrons. The third kappa shape index (κ3) is 8.94. The molecule has 0 aliphatic rings. The Morgan fingerprint density at radius 1 is 1.23 bits per heavy atom. The maximum atomic E-state index is 10.7. The van der Waals surface area contributed by atoms with Gasteiger partial charge in [-0.2, -0.15) is 0 Å². The average molecular weight is 182 g/mol. The van der Waals surface area contributed by atoms with Crippen molar-refractivity contribution in [2.45, 2.75) is 45.4 Å². The van der Waals surface area contributed by atoms with Crippen LogP contribution in [0.25, 0.3) is 0 Å². The molecule has 0 saturated heterocycles. The van der Waals surface area contributed by atoms with Crippen molar-refractivity contribution >= 4 is 5.97 Å². The van der Waals surface area contributed by atoms with Gasteiger partial charge in [-0.1, -0.05) is 13.3 Å². The first kappa shape index (κ1) is 12.0. The van der Waals surface area contributed by atoms with Crippen molar-refractivity contribution in [2.75, 3.05) is 7.11 Å². The molecule has 0 aliphatic heterocycles. The van der Waals surface area contributed by atoms with E-state index < -0.39 is 0 Å². The van der Waals surface area contributed by atoms with Gasteiger partial charge in [0.25, 0.3) is 0 Å². The van der Waals surface area contributed by atoms with E-state index in [-0.39, 0.29) is 5.97 Å². The van der Waals surface area contributed by atoms with Gasteiger partial charge in [-0.3, -0.25) is 4.79 Å². The van der Waals surface area contributed by atoms with Crippen molar-refractivity contribution in [2.24, 2.45) is 0 Å². The Bertz CT molecular complexity index is 186. The number of esters is 1. The van der Waals surface area contributed by atoms with Gasteiger partial charge in [0, 0.05) is 19.3 Å². The molecule has 0 spiro atoms. The number of carbonyl (C=O) groups is 1. The van der Waals surface area contributed by atoms with E-state index in [4.69, 9.17) is 0 Å². The molecular weight excluding hydrogens is 164 g/mol. The minimum Gasteiger partial charge on any atom is -0.469 e. The summed E-state index contributed by atoms with van der Waals surface area (Å²) >= 11 is 0. The molecule has 0 aromatic rings. The predicted octanol–water partition coefficient (Wildman–Crippen LogP) is 2.52. The molecule has 2 nitrogen and oxygen atoms in total. The van der Waals surface area contributed by atoms with Gasteiger partial charge in [-0.05, 0) is 12.8 Å². The Morgan fingerprint density at radius 2 is 2.00 bits per heavy atom. The molecule has 0 heterocycles. The number of hydrogen-bond donors (Lipinski definition) is 0. The molecule has 0 N–H and O–H groups in total. The monoisotopic (exact) mass is 182 g/mol. The maximum Gasteiger partial charge on any atom is 0.305 e. The van der Waals surface area contributed by atoms with Crippen LogP contribution >= 0.6 is 0 Å². The first-order valence-corrected chi connectivity index (χ1v) is 4.83. The van der Waals surface area contributed by atoms with Crippen LogP contribution in [0, 0.1) is 11.8 Å². The highest BCUT2D eigenvalue weighted by Crippen LogP contribution is 2.02. The number of methoxy groups -OCH3 is 1. The van der Waals surface area contributed by atoms with Crippen molar-refractivity contribution in [1.82, 2.24) is 0 Å². The number of carbonyl (C=O) groups excluding carboxylic acids is 1. The number of hydrogen-bond acceptors (Lipinski definition) is 2. The Labute approximate surface area is 80.7 Å². The third-order valence-corrected chi connectivity index (χ3v) is 1.71. The summed E-state index contributed by atoms with van der Waals surface area (Å²) < 4.78 is 4.53. The molecule has 13 heavy (non-hydrogen) atoms. The summed E-state index contributed by atoms with van der Waals surface area (Å²) in [7, 11) is 1.43. The minimum atomic E-state index is -0.111. The highest BCUT2D eigenvalue weighted by molar-refractivity contribution is 5.68. The van der Waals surface area contributed by atoms with E-state index in [1.165, 1.54) is 7.11 Å². The smallest absolute Gasteiger partial charge is 0.305 e. The lowest BCUT2D eigenvalue weighted by atomic mass is 10.1. The summed E-state index contributed by atoms with van der Waals surface area (Å²) in [5.41, 5.74) is 0. The van der Waals surface area contributed by atoms with Crippen molar-refractivity contribution < 1.29 is 9.53 Å². The minimum absolute atomic E-state index is 0.111. The zero-order chi connectivity index (χ0) is 9.94. The lowest BCUT2D eigenvalue weighted by Crippen LogP contribution is -1.98. The summed E-state index contributed by atoms with van der Waals surface area (Å²) in [6.07, 6.45) is 5.49. The average Bonchev–Trinajstić information content (AvgIpc) is 2.16. The van der Waals surface area contributed by atoms with Crippen molar-refractivity contribution in [1.29, 1.82) is 0 Å². The van der Waals surface area contributed by atoms with E-state index in [0.29, 0.717) is 6.42 Å². The van der Waals surface area contributed by atoms with Gasteiger partial charge in [-0.15, -0.1) is 11.8 Å². The van der Waals surface area contributed by atoms with E-state index >= 15 is 0 Å². The first-order valence-electron chi connectivity index (χ1n) is 4.83. The van der Waals surface area contributed by atoms with Gasteiger partial charge in [0.15, 0.2) is 0 Å². The van der Waals surface area contributed by atoms with Gasteiger partial charge < -0.3 is 4.74 Å². The molecule has 0 aromatic heterocycles. The molecule has 0 radical (unpaired) electrons. The zero-order valence-electron chi connectivity index (χ0n) is 8.56. The SMILES string of the molecule is CCC#CCCCCCC(=O)OC. The molecule has 0 atom stereocenters. The highest BCUT2D eigenvalue weighted by atomic mass is 16.5. The molecular formula is C11H18O2. The first-order chi connectivity index (χ1) is 6.31. The van der Waals surface area contributed by atoms with Crippen LogP contribution in [0.4, 0.5) is 0 Å². The van der Waals surface area contributed by atoms with E-state index in [1.807, 2.05) is 6.92 Å². The molecule has 0 aromatic carbocycles. The molecule has 2 heteroatoms. The predicted molar refractivity (Wildman–Crippen MR) is 53.2 cm³/mol. The Hall–Kier alpha value is -0.970. The third-order valence-electron chi connectivity index (χ3n) is 1.71. The molecule has 0 saturated carbocycles. The lowest BCUT2D eigenvalue weighted by Gasteiger charge is -1.97. The van der Waals surface area contributed by atoms with Crippen LogP contribution < -0.4 is 0 Å². The van der Waals surface area contributed by atoms with E-state index in [2.05, 4.69) is 16.6 Å². The fourth-order valence-electron chi connectivity index (χ4n) is 0.975. The van der Waals surface area contributed by atoms with Gasteiger partial charge in [0.1, 0.15) is 0 Å². The summed E-state index contributed by atoms with van der Waals surface area (Å²) in [5.74, 6) is 5.98. The maximum absolute atomic E-state index is 10.7. The van der Waals surface area contributed by atoms with Crippen LogP contribution in [0.15, 0.2) is 0 Å². The van der Waals surface area contributed by atoms with Gasteiger partial charge >= 0.3 is 5.97 Å². The van der Waals surface area contributed by atoms with Gasteiger partial charge in [0.05, 0.1) is 7.11 Å². The van der Waals surface area contributed by atoms with E-state index in [9.17, 15) is 4.79 Å². The van der Waals surface area contributed by atoms with E-state index in [1.54, 1.807) is 0 Å². The normalized spacial score (nSPS) is 8.77. The van der Waals surface area contributed by atoms with Crippen molar-refractivity contribution in [3.8, 4) is 11.8 Å². The Kier molecular flexibility index (Phi) is 8.44. The molecule has 0 aliphatic carbocycles. The van der Waals surface area contributed by atoms with Crippen LogP contribution in [0.5, 0.6) is 0 Å². The molecule has 0 unspecified atom stereocenters. The van der Waals surface area contributed by atoms with E-state index in [0.717, 1.165) is 32.1 Å². The molecule has 0 rings (SSSR count). The van der Waals surface area contributed by atoms with Crippen LogP contribution in [0.1, 0.15) is 45.4 Å². The fourth-order valence-corrected chi connectivity index (χ4v) is 0.975. The molecule has 0 amide bonds. The lowest BCUT2D eigenvalue weighted by molar-refractivity contribution is -0.140. The van der Waals surface area contributed by atoms with Gasteiger partial charge in [0.2, 0.25) is 0 Å². The fraction of sp³-hybridized carbons (Fsp3) is 0.727. The number of unbranched alkanes of at least 4 members (excludes halogenated alkanes) is 3. The summed E-state index contributed by atoms with van der Waals surface area (Å²) in [6.45, 7) is 2.05. The summed E-state index contributed by atoms with van der Waals surface area (Å²) in [4.78, 5) is 10.7. The Morgan fingerprint density at radius 3 is 2.62 bits per heavy atom. The molecule has 0 fully saturated rings. The number of rotatable bonds is 5. The van der Waals surface area contributed by atoms with Crippen LogP contribution in [0.2, 0.25) is 0 Å². The van der Waals surface area contributed by atoms with Crippen LogP contribution in [0.3, 0.4) is 0 Å². The Balaban J connectivity index is 3.12. The zero-order valence-corrected chi connectivity index (χ0v) is 8.56. The highest BCUT2D eigenvalue weighted by Gasteiger charge is 1.97. The standard InChI is InChI=1S/C11H18O2/c1-3-4-5-6-7-8-9-10-11(12)13-2/h3,6-10H2,1-2H3.